The molecule has 0 bridgehead atoms. The van der Waals surface area contributed by atoms with Crippen LogP contribution in [0.5, 0.6) is 0 Å². The van der Waals surface area contributed by atoms with Gasteiger partial charge in [0.25, 0.3) is 0 Å². The maximum absolute atomic E-state index is 5.38. The number of aromatic nitrogens is 5. The van der Waals surface area contributed by atoms with Crippen LogP contribution < -0.4 is 0 Å². The highest BCUT2D eigenvalue weighted by Crippen LogP contribution is 2.17. The molecule has 0 fully saturated rings. The predicted molar refractivity (Wildman–Crippen MR) is 84.5 cm³/mol. The van der Waals surface area contributed by atoms with Crippen LogP contribution in [0, 0.1) is 8.34 Å². The van der Waals surface area contributed by atoms with Gasteiger partial charge in [0.05, 0.1) is 17.2 Å². The quantitative estimate of drug-likeness (QED) is 0.555. The monoisotopic (exact) mass is 385 g/mol. The summed E-state index contributed by atoms with van der Waals surface area (Å²) in [5.74, 6) is 0. The lowest BCUT2D eigenvalue weighted by Crippen LogP contribution is -2.04. The van der Waals surface area contributed by atoms with Crippen molar-refractivity contribution in [2.45, 2.75) is 19.5 Å². The van der Waals surface area contributed by atoms with Crippen LogP contribution in [0.15, 0.2) is 30.6 Å². The molecule has 0 spiro atoms. The third-order valence-electron chi connectivity index (χ3n) is 2.98. The minimum Gasteiger partial charge on any atom is -0.331 e. The normalized spacial score (nSPS) is 11.2. The third-order valence-corrected chi connectivity index (χ3v) is 3.97. The van der Waals surface area contributed by atoms with Crippen molar-refractivity contribution >= 4 is 45.8 Å². The molecule has 0 saturated heterocycles. The molecule has 2 heterocycles. The molecule has 0 radical (unpaired) electrons. The lowest BCUT2D eigenvalue weighted by atomic mass is 10.3. The number of aryl methyl sites for hydroxylation is 2. The smallest absolute Gasteiger partial charge is 0.178 e. The van der Waals surface area contributed by atoms with Crippen molar-refractivity contribution in [2.75, 3.05) is 0 Å². The minimum absolute atomic E-state index is 0.774. The van der Waals surface area contributed by atoms with E-state index in [2.05, 4.69) is 60.7 Å². The molecule has 3 rings (SSSR count). The first kappa shape index (κ1) is 12.8. The van der Waals surface area contributed by atoms with Crippen LogP contribution in [0.3, 0.4) is 0 Å². The van der Waals surface area contributed by atoms with Gasteiger partial charge in [0.2, 0.25) is 0 Å². The Hall–Kier alpha value is -1.22. The summed E-state index contributed by atoms with van der Waals surface area (Å²) < 4.78 is 5.95. The van der Waals surface area contributed by atoms with Crippen LogP contribution in [-0.2, 0) is 13.1 Å². The lowest BCUT2D eigenvalue weighted by Gasteiger charge is -2.04. The van der Waals surface area contributed by atoms with E-state index in [-0.39, 0.29) is 0 Å². The molecule has 0 amide bonds. The zero-order valence-electron chi connectivity index (χ0n) is 10.1. The number of fused-ring (bicyclic) bond motifs is 1. The number of aromatic amines is 1. The van der Waals surface area contributed by atoms with Crippen molar-refractivity contribution in [1.82, 2.24) is 24.5 Å². The van der Waals surface area contributed by atoms with Gasteiger partial charge < -0.3 is 9.55 Å². The van der Waals surface area contributed by atoms with E-state index in [1.807, 2.05) is 10.9 Å². The Balaban J connectivity index is 1.80. The van der Waals surface area contributed by atoms with Crippen molar-refractivity contribution < 1.29 is 0 Å². The minimum atomic E-state index is 0.774. The predicted octanol–water partition coefficient (Wildman–Crippen LogP) is 2.99. The first-order valence-corrected chi connectivity index (χ1v) is 7.45. The number of halogens is 1. The summed E-state index contributed by atoms with van der Waals surface area (Å²) >= 11 is 7.68. The van der Waals surface area contributed by atoms with Gasteiger partial charge in [-0.25, -0.2) is 0 Å². The Kier molecular flexibility index (Phi) is 3.65. The van der Waals surface area contributed by atoms with Crippen molar-refractivity contribution in [3.63, 3.8) is 0 Å². The maximum atomic E-state index is 5.38. The molecule has 0 aliphatic rings. The molecule has 0 aliphatic heterocycles. The Labute approximate surface area is 128 Å². The molecule has 0 unspecified atom stereocenters. The highest BCUT2D eigenvalue weighted by Gasteiger charge is 2.04. The average molecular weight is 385 g/mol. The number of benzene rings is 1. The molecule has 3 aromatic rings. The molecular weight excluding hydrogens is 373 g/mol. The fraction of sp³-hybridized carbons (Fsp3) is 0.250. The SMILES string of the molecule is S=c1[nH]c2cc(I)ccc2n1CCCn1ccnn1. The number of H-pyrrole nitrogens is 1. The Bertz CT molecular complexity index is 743. The third kappa shape index (κ3) is 2.71. The zero-order valence-corrected chi connectivity index (χ0v) is 13.1. The summed E-state index contributed by atoms with van der Waals surface area (Å²) in [7, 11) is 0. The van der Waals surface area contributed by atoms with Gasteiger partial charge >= 0.3 is 0 Å². The van der Waals surface area contributed by atoms with Crippen molar-refractivity contribution in [3.8, 4) is 0 Å². The van der Waals surface area contributed by atoms with Crippen LogP contribution >= 0.6 is 34.8 Å². The number of nitrogens with one attached hydrogen (secondary N) is 1. The number of rotatable bonds is 4. The summed E-state index contributed by atoms with van der Waals surface area (Å²) in [6.07, 6.45) is 4.53. The van der Waals surface area contributed by atoms with E-state index in [1.165, 1.54) is 3.57 Å². The topological polar surface area (TPSA) is 51.4 Å². The number of nitrogens with zero attached hydrogens (tertiary/aromatic N) is 4. The average Bonchev–Trinajstić information content (AvgIpc) is 2.98. The maximum Gasteiger partial charge on any atom is 0.178 e. The zero-order chi connectivity index (χ0) is 13.2. The Morgan fingerprint density at radius 1 is 1.32 bits per heavy atom. The molecular formula is C12H12IN5S. The van der Waals surface area contributed by atoms with E-state index in [1.54, 1.807) is 6.20 Å². The second-order valence-corrected chi connectivity index (χ2v) is 5.90. The first-order chi connectivity index (χ1) is 9.24. The fourth-order valence-corrected chi connectivity index (χ4v) is 2.89. The molecule has 1 aromatic carbocycles. The van der Waals surface area contributed by atoms with E-state index in [0.717, 1.165) is 35.3 Å². The molecule has 0 saturated carbocycles. The second-order valence-electron chi connectivity index (χ2n) is 4.26. The standard InChI is InChI=1S/C12H12IN5S/c13-9-2-3-11-10(8-9)15-12(19)18(11)6-1-5-17-7-4-14-16-17/h2-4,7-8H,1,5-6H2,(H,15,19). The van der Waals surface area contributed by atoms with Crippen LogP contribution in [-0.4, -0.2) is 24.5 Å². The number of hydrogen-bond acceptors (Lipinski definition) is 3. The summed E-state index contributed by atoms with van der Waals surface area (Å²) in [5.41, 5.74) is 2.25. The van der Waals surface area contributed by atoms with Crippen LogP contribution in [0.4, 0.5) is 0 Å². The van der Waals surface area contributed by atoms with Gasteiger partial charge in [-0.2, -0.15) is 0 Å². The largest absolute Gasteiger partial charge is 0.331 e. The van der Waals surface area contributed by atoms with Crippen LogP contribution in [0.2, 0.25) is 0 Å². The van der Waals surface area contributed by atoms with Crippen LogP contribution in [0.25, 0.3) is 11.0 Å². The molecule has 5 nitrogen and oxygen atoms in total. The van der Waals surface area contributed by atoms with Gasteiger partial charge in [-0.05, 0) is 59.4 Å². The van der Waals surface area contributed by atoms with E-state index >= 15 is 0 Å². The highest BCUT2D eigenvalue weighted by atomic mass is 127. The molecule has 19 heavy (non-hydrogen) atoms. The van der Waals surface area contributed by atoms with Gasteiger partial charge in [0.15, 0.2) is 4.77 Å². The van der Waals surface area contributed by atoms with Gasteiger partial charge in [0.1, 0.15) is 0 Å². The summed E-state index contributed by atoms with van der Waals surface area (Å²) in [5, 5.41) is 7.75. The van der Waals surface area contributed by atoms with Crippen molar-refractivity contribution in [2.24, 2.45) is 0 Å². The first-order valence-electron chi connectivity index (χ1n) is 5.96. The van der Waals surface area contributed by atoms with Crippen LogP contribution in [0.1, 0.15) is 6.42 Å². The molecule has 0 aliphatic carbocycles. The van der Waals surface area contributed by atoms with Crippen molar-refractivity contribution in [1.29, 1.82) is 0 Å². The Morgan fingerprint density at radius 3 is 3.00 bits per heavy atom. The van der Waals surface area contributed by atoms with E-state index in [9.17, 15) is 0 Å². The van der Waals surface area contributed by atoms with E-state index in [4.69, 9.17) is 12.2 Å². The summed E-state index contributed by atoms with van der Waals surface area (Å²) in [6, 6.07) is 6.32. The second kappa shape index (κ2) is 5.41. The van der Waals surface area contributed by atoms with E-state index < -0.39 is 0 Å². The molecule has 1 N–H and O–H groups in total. The van der Waals surface area contributed by atoms with Gasteiger partial charge in [0, 0.05) is 22.9 Å². The van der Waals surface area contributed by atoms with Crippen molar-refractivity contribution in [3.05, 3.63) is 38.9 Å². The molecule has 7 heteroatoms. The molecule has 0 atom stereocenters. The Morgan fingerprint density at radius 2 is 2.21 bits per heavy atom. The summed E-state index contributed by atoms with van der Waals surface area (Å²) in [6.45, 7) is 1.72. The van der Waals surface area contributed by atoms with E-state index in [0.29, 0.717) is 0 Å². The molecule has 98 valence electrons. The lowest BCUT2D eigenvalue weighted by molar-refractivity contribution is 0.517. The van der Waals surface area contributed by atoms with Gasteiger partial charge in [-0.3, -0.25) is 4.68 Å². The molecule has 2 aromatic heterocycles. The van der Waals surface area contributed by atoms with Gasteiger partial charge in [-0.15, -0.1) is 5.10 Å². The number of hydrogen-bond donors (Lipinski definition) is 1. The van der Waals surface area contributed by atoms with Gasteiger partial charge in [-0.1, -0.05) is 5.21 Å². The number of imidazole rings is 1. The summed E-state index contributed by atoms with van der Waals surface area (Å²) in [4.78, 5) is 3.25. The fourth-order valence-electron chi connectivity index (χ4n) is 2.10. The highest BCUT2D eigenvalue weighted by molar-refractivity contribution is 14.1.